The predicted molar refractivity (Wildman–Crippen MR) is 64.0 cm³/mol. The van der Waals surface area contributed by atoms with Crippen LogP contribution in [0, 0.1) is 0 Å². The molecule has 0 unspecified atom stereocenters. The van der Waals surface area contributed by atoms with E-state index < -0.39 is 8.32 Å². The van der Waals surface area contributed by atoms with Crippen molar-refractivity contribution in [1.82, 2.24) is 0 Å². The van der Waals surface area contributed by atoms with Crippen molar-refractivity contribution in [2.75, 3.05) is 24.2 Å². The third kappa shape index (κ3) is 5.48. The van der Waals surface area contributed by atoms with Gasteiger partial charge >= 0.3 is 0 Å². The van der Waals surface area contributed by atoms with Crippen molar-refractivity contribution in [3.63, 3.8) is 0 Å². The van der Waals surface area contributed by atoms with Crippen LogP contribution in [-0.2, 0) is 4.43 Å². The summed E-state index contributed by atoms with van der Waals surface area (Å²) in [5.41, 5.74) is 0. The lowest BCUT2D eigenvalue weighted by molar-refractivity contribution is 0.321. The maximum atomic E-state index is 5.84. The quantitative estimate of drug-likeness (QED) is 0.479. The van der Waals surface area contributed by atoms with E-state index in [9.17, 15) is 0 Å². The number of rotatable bonds is 8. The van der Waals surface area contributed by atoms with Gasteiger partial charge in [-0.2, -0.15) is 0 Å². The van der Waals surface area contributed by atoms with E-state index in [2.05, 4.69) is 0 Å². The molecule has 0 aromatic rings. The van der Waals surface area contributed by atoms with E-state index in [1.165, 1.54) is 0 Å². The molecule has 0 aromatic carbocycles. The van der Waals surface area contributed by atoms with Gasteiger partial charge in [-0.05, 0) is 25.1 Å². The molecular weight excluding hydrogens is 247 g/mol. The molecule has 0 N–H and O–H groups in total. The second kappa shape index (κ2) is 8.36. The molecule has 0 saturated carbocycles. The first kappa shape index (κ1) is 14.0. The van der Waals surface area contributed by atoms with Gasteiger partial charge in [0.2, 0.25) is 0 Å². The number of alkyl halides is 3. The molecule has 0 aliphatic rings. The van der Waals surface area contributed by atoms with Gasteiger partial charge in [0, 0.05) is 24.2 Å². The van der Waals surface area contributed by atoms with Crippen LogP contribution in [0.2, 0.25) is 18.1 Å². The van der Waals surface area contributed by atoms with Gasteiger partial charge in [-0.15, -0.1) is 34.8 Å². The molecule has 0 fully saturated rings. The molecule has 0 bridgehead atoms. The lowest BCUT2D eigenvalue weighted by Gasteiger charge is -2.29. The second-order valence-electron chi connectivity index (χ2n) is 2.93. The zero-order valence-electron chi connectivity index (χ0n) is 7.99. The van der Waals surface area contributed by atoms with Gasteiger partial charge in [0.15, 0.2) is 8.32 Å². The number of hydrogen-bond donors (Lipinski definition) is 0. The highest BCUT2D eigenvalue weighted by Gasteiger charge is 2.32. The molecule has 0 aliphatic heterocycles. The first-order chi connectivity index (χ1) is 6.24. The molecule has 0 radical (unpaired) electrons. The summed E-state index contributed by atoms with van der Waals surface area (Å²) in [6.07, 6.45) is 0. The molecule has 0 spiro atoms. The van der Waals surface area contributed by atoms with Gasteiger partial charge in [0.1, 0.15) is 0 Å². The van der Waals surface area contributed by atoms with Crippen LogP contribution in [0.25, 0.3) is 0 Å². The second-order valence-corrected chi connectivity index (χ2v) is 8.22. The smallest absolute Gasteiger partial charge is 0.196 e. The minimum absolute atomic E-state index is 0.653. The highest BCUT2D eigenvalue weighted by atomic mass is 35.5. The minimum atomic E-state index is -1.69. The average molecular weight is 264 g/mol. The fraction of sp³-hybridized carbons (Fsp3) is 1.00. The molecule has 0 atom stereocenters. The van der Waals surface area contributed by atoms with E-state index >= 15 is 0 Å². The van der Waals surface area contributed by atoms with Gasteiger partial charge < -0.3 is 4.43 Å². The summed E-state index contributed by atoms with van der Waals surface area (Å²) in [5, 5.41) is 0. The Balaban J connectivity index is 4.19. The van der Waals surface area contributed by atoms with Crippen LogP contribution in [0.15, 0.2) is 0 Å². The predicted octanol–water partition coefficient (Wildman–Crippen LogP) is 3.68. The van der Waals surface area contributed by atoms with Crippen LogP contribution in [0.3, 0.4) is 0 Å². The molecule has 13 heavy (non-hydrogen) atoms. The molecule has 5 heteroatoms. The standard InChI is InChI=1S/C8H17Cl3OSi/c1-2-12-13(6-3-9,7-4-10)8-5-11/h2-8H2,1H3. The minimum Gasteiger partial charge on any atom is -0.417 e. The fourth-order valence-corrected chi connectivity index (χ4v) is 7.34. The Kier molecular flexibility index (Phi) is 9.04. The Morgan fingerprint density at radius 1 is 0.923 bits per heavy atom. The molecule has 0 heterocycles. The lowest BCUT2D eigenvalue weighted by atomic mass is 10.9. The van der Waals surface area contributed by atoms with Gasteiger partial charge in [0.05, 0.1) is 0 Å². The Morgan fingerprint density at radius 3 is 1.54 bits per heavy atom. The van der Waals surface area contributed by atoms with Crippen molar-refractivity contribution in [3.8, 4) is 0 Å². The first-order valence-corrected chi connectivity index (χ1v) is 8.70. The number of halogens is 3. The summed E-state index contributed by atoms with van der Waals surface area (Å²) >= 11 is 17.3. The fourth-order valence-electron chi connectivity index (χ4n) is 1.41. The van der Waals surface area contributed by atoms with E-state index in [1.54, 1.807) is 0 Å². The van der Waals surface area contributed by atoms with Crippen molar-refractivity contribution < 1.29 is 4.43 Å². The number of hydrogen-bond acceptors (Lipinski definition) is 1. The SMILES string of the molecule is CCO[Si](CCCl)(CCCl)CCCl. The molecule has 0 rings (SSSR count). The Bertz CT molecular complexity index is 94.4. The summed E-state index contributed by atoms with van der Waals surface area (Å²) in [4.78, 5) is 0. The summed E-state index contributed by atoms with van der Waals surface area (Å²) in [5.74, 6) is 1.96. The van der Waals surface area contributed by atoms with Crippen LogP contribution in [0.5, 0.6) is 0 Å². The third-order valence-corrected chi connectivity index (χ3v) is 8.00. The molecular formula is C8H17Cl3OSi. The van der Waals surface area contributed by atoms with Crippen molar-refractivity contribution >= 4 is 43.1 Å². The largest absolute Gasteiger partial charge is 0.417 e. The Hall–Kier alpha value is 1.05. The average Bonchev–Trinajstić information content (AvgIpc) is 2.06. The zero-order valence-corrected chi connectivity index (χ0v) is 11.3. The lowest BCUT2D eigenvalue weighted by Crippen LogP contribution is -2.39. The molecule has 0 aliphatic carbocycles. The normalized spacial score (nSPS) is 12.0. The van der Waals surface area contributed by atoms with E-state index in [4.69, 9.17) is 39.2 Å². The highest BCUT2D eigenvalue weighted by molar-refractivity contribution is 6.75. The van der Waals surface area contributed by atoms with Crippen molar-refractivity contribution in [2.45, 2.75) is 25.1 Å². The zero-order chi connectivity index (χ0) is 10.2. The van der Waals surface area contributed by atoms with Crippen LogP contribution in [0.1, 0.15) is 6.92 Å². The maximum absolute atomic E-state index is 5.84. The molecule has 0 aromatic heterocycles. The van der Waals surface area contributed by atoms with Gasteiger partial charge in [-0.25, -0.2) is 0 Å². The van der Waals surface area contributed by atoms with Crippen molar-refractivity contribution in [2.24, 2.45) is 0 Å². The summed E-state index contributed by atoms with van der Waals surface area (Å²) in [7, 11) is -1.69. The summed E-state index contributed by atoms with van der Waals surface area (Å²) in [6.45, 7) is 2.76. The van der Waals surface area contributed by atoms with Crippen LogP contribution < -0.4 is 0 Å². The topological polar surface area (TPSA) is 9.23 Å². The van der Waals surface area contributed by atoms with E-state index in [1.807, 2.05) is 6.92 Å². The Morgan fingerprint density at radius 2 is 1.31 bits per heavy atom. The van der Waals surface area contributed by atoms with Gasteiger partial charge in [-0.1, -0.05) is 0 Å². The van der Waals surface area contributed by atoms with E-state index in [0.717, 1.165) is 24.7 Å². The molecule has 1 nitrogen and oxygen atoms in total. The molecule has 0 saturated heterocycles. The third-order valence-electron chi connectivity index (χ3n) is 2.10. The molecule has 80 valence electrons. The summed E-state index contributed by atoms with van der Waals surface area (Å²) in [6, 6.07) is 2.88. The van der Waals surface area contributed by atoms with E-state index in [0.29, 0.717) is 17.6 Å². The maximum Gasteiger partial charge on any atom is 0.196 e. The Labute approximate surface area is 96.8 Å². The van der Waals surface area contributed by atoms with Crippen molar-refractivity contribution in [3.05, 3.63) is 0 Å². The van der Waals surface area contributed by atoms with Crippen molar-refractivity contribution in [1.29, 1.82) is 0 Å². The summed E-state index contributed by atoms with van der Waals surface area (Å²) < 4.78 is 5.84. The van der Waals surface area contributed by atoms with Crippen LogP contribution in [-0.4, -0.2) is 32.6 Å². The van der Waals surface area contributed by atoms with Gasteiger partial charge in [-0.3, -0.25) is 0 Å². The van der Waals surface area contributed by atoms with E-state index in [-0.39, 0.29) is 0 Å². The van der Waals surface area contributed by atoms with Gasteiger partial charge in [0.25, 0.3) is 0 Å². The molecule has 0 amide bonds. The van der Waals surface area contributed by atoms with Crippen LogP contribution in [0.4, 0.5) is 0 Å². The monoisotopic (exact) mass is 262 g/mol. The highest BCUT2D eigenvalue weighted by Crippen LogP contribution is 2.24. The first-order valence-electron chi connectivity index (χ1n) is 4.56. The van der Waals surface area contributed by atoms with Crippen LogP contribution >= 0.6 is 34.8 Å².